The van der Waals surface area contributed by atoms with Gasteiger partial charge in [-0.25, -0.2) is 9.98 Å². The van der Waals surface area contributed by atoms with Crippen LogP contribution in [0, 0.1) is 0 Å². The van der Waals surface area contributed by atoms with Crippen LogP contribution >= 0.6 is 11.3 Å². The second-order valence-electron chi connectivity index (χ2n) is 18.0. The van der Waals surface area contributed by atoms with Crippen molar-refractivity contribution in [3.8, 4) is 44.5 Å². The molecule has 70 heavy (non-hydrogen) atoms. The van der Waals surface area contributed by atoms with E-state index in [4.69, 9.17) is 14.4 Å². The molecule has 0 spiro atoms. The van der Waals surface area contributed by atoms with E-state index in [9.17, 15) is 0 Å². The van der Waals surface area contributed by atoms with E-state index < -0.39 is 6.17 Å². The second-order valence-corrected chi connectivity index (χ2v) is 19.1. The van der Waals surface area contributed by atoms with E-state index in [-0.39, 0.29) is 0 Å². The molecule has 1 N–H and O–H groups in total. The van der Waals surface area contributed by atoms with E-state index in [2.05, 4.69) is 242 Å². The van der Waals surface area contributed by atoms with Crippen LogP contribution in [0.2, 0.25) is 0 Å². The van der Waals surface area contributed by atoms with Gasteiger partial charge in [0.05, 0.1) is 0 Å². The van der Waals surface area contributed by atoms with Gasteiger partial charge in [0.15, 0.2) is 5.84 Å². The third-order valence-electron chi connectivity index (χ3n) is 14.0. The predicted octanol–water partition coefficient (Wildman–Crippen LogP) is 17.4. The lowest BCUT2D eigenvalue weighted by Crippen LogP contribution is -2.33. The smallest absolute Gasteiger partial charge is 0.159 e. The zero-order valence-electron chi connectivity index (χ0n) is 37.8. The van der Waals surface area contributed by atoms with Crippen LogP contribution in [0.5, 0.6) is 0 Å². The van der Waals surface area contributed by atoms with Gasteiger partial charge in [-0.3, -0.25) is 0 Å². The van der Waals surface area contributed by atoms with Gasteiger partial charge in [0, 0.05) is 53.2 Å². The molecule has 328 valence electrons. The van der Waals surface area contributed by atoms with Crippen LogP contribution in [-0.4, -0.2) is 11.7 Å². The summed E-state index contributed by atoms with van der Waals surface area (Å²) in [5, 5.41) is 13.1. The molecule has 1 unspecified atom stereocenters. The number of thiophene rings is 1. The molecule has 0 amide bonds. The maximum atomic E-state index is 6.81. The molecular weight excluding hydrogens is 871 g/mol. The molecule has 1 aliphatic rings. The standard InChI is InChI=1S/C65H41N3OS/c1-3-16-40(17-4-1)41-30-32-43(33-31-41)63-66-64(68-65(67-63)55-28-15-27-53-50-26-13-14-29-59(50)70-62(53)55)54-35-34-51(48-24-11-12-25-49(48)54)60-52(47-23-10-9-22-46(47)42-18-5-2-6-19-42)36-37-57-61(60)56-38-44-20-7-8-21-45(44)39-58(56)69-57/h1-39,65H,(H,66,67,68). The Bertz CT molecular complexity index is 4260. The fourth-order valence-electron chi connectivity index (χ4n) is 10.7. The fourth-order valence-corrected chi connectivity index (χ4v) is 11.9. The molecule has 0 saturated heterocycles. The quantitative estimate of drug-likeness (QED) is 0.173. The number of aliphatic imine (C=N–C) groups is 2. The number of hydrogen-bond acceptors (Lipinski definition) is 5. The number of hydrogen-bond donors (Lipinski definition) is 1. The van der Waals surface area contributed by atoms with E-state index in [0.717, 1.165) is 88.4 Å². The van der Waals surface area contributed by atoms with Gasteiger partial charge in [-0.15, -0.1) is 11.3 Å². The van der Waals surface area contributed by atoms with Crippen LogP contribution < -0.4 is 5.32 Å². The summed E-state index contributed by atoms with van der Waals surface area (Å²) in [7, 11) is 0. The molecule has 1 aliphatic heterocycles. The molecular formula is C65H41N3OS. The van der Waals surface area contributed by atoms with Crippen molar-refractivity contribution in [1.29, 1.82) is 0 Å². The third-order valence-corrected chi connectivity index (χ3v) is 15.2. The van der Waals surface area contributed by atoms with Gasteiger partial charge in [-0.2, -0.15) is 0 Å². The van der Waals surface area contributed by atoms with Crippen LogP contribution in [0.1, 0.15) is 22.9 Å². The van der Waals surface area contributed by atoms with Gasteiger partial charge in [0.1, 0.15) is 23.2 Å². The SMILES string of the molecule is c1ccc(-c2ccc(C3=NC(c4cccc5c4sc4ccccc45)NC(c4ccc(-c5c(-c6ccccc6-c6ccccc6)ccc6oc7cc8ccccc8cc7c56)c5ccccc45)=N3)cc2)cc1. The number of furan rings is 1. The second kappa shape index (κ2) is 16.4. The lowest BCUT2D eigenvalue weighted by molar-refractivity contribution is 0.669. The average Bonchev–Trinajstić information content (AvgIpc) is 4.00. The van der Waals surface area contributed by atoms with E-state index in [1.165, 1.54) is 42.2 Å². The summed E-state index contributed by atoms with van der Waals surface area (Å²) < 4.78 is 9.29. The van der Waals surface area contributed by atoms with Crippen LogP contribution in [-0.2, 0) is 0 Å². The summed E-state index contributed by atoms with van der Waals surface area (Å²) in [5.74, 6) is 1.46. The fraction of sp³-hybridized carbons (Fsp3) is 0.0154. The van der Waals surface area contributed by atoms with E-state index in [1.54, 1.807) is 0 Å². The number of benzene rings is 11. The van der Waals surface area contributed by atoms with Gasteiger partial charge < -0.3 is 9.73 Å². The zero-order chi connectivity index (χ0) is 46.1. The lowest BCUT2D eigenvalue weighted by atomic mass is 9.84. The highest BCUT2D eigenvalue weighted by molar-refractivity contribution is 7.26. The normalized spacial score (nSPS) is 13.9. The Morgan fingerprint density at radius 3 is 1.80 bits per heavy atom. The van der Waals surface area contributed by atoms with Gasteiger partial charge in [-0.1, -0.05) is 206 Å². The van der Waals surface area contributed by atoms with Crippen molar-refractivity contribution in [1.82, 2.24) is 5.32 Å². The first-order valence-corrected chi connectivity index (χ1v) is 24.6. The topological polar surface area (TPSA) is 49.9 Å². The highest BCUT2D eigenvalue weighted by atomic mass is 32.1. The first-order chi connectivity index (χ1) is 34.7. The van der Waals surface area contributed by atoms with Gasteiger partial charge >= 0.3 is 0 Å². The minimum atomic E-state index is -0.395. The average molecular weight is 912 g/mol. The highest BCUT2D eigenvalue weighted by Gasteiger charge is 2.27. The maximum absolute atomic E-state index is 6.81. The summed E-state index contributed by atoms with van der Waals surface area (Å²) in [6, 6.07) is 84.7. The van der Waals surface area contributed by atoms with Crippen LogP contribution in [0.25, 0.3) is 108 Å². The molecule has 5 heteroatoms. The molecule has 0 bridgehead atoms. The van der Waals surface area contributed by atoms with Gasteiger partial charge in [0.25, 0.3) is 0 Å². The van der Waals surface area contributed by atoms with E-state index in [0.29, 0.717) is 5.84 Å². The molecule has 13 aromatic rings. The minimum Gasteiger partial charge on any atom is -0.456 e. The summed E-state index contributed by atoms with van der Waals surface area (Å²) in [5.41, 5.74) is 14.0. The number of nitrogens with one attached hydrogen (secondary N) is 1. The highest BCUT2D eigenvalue weighted by Crippen LogP contribution is 2.48. The summed E-state index contributed by atoms with van der Waals surface area (Å²) >= 11 is 1.82. The molecule has 3 heterocycles. The minimum absolute atomic E-state index is 0.395. The summed E-state index contributed by atoms with van der Waals surface area (Å²) in [4.78, 5) is 10.9. The Morgan fingerprint density at radius 1 is 0.400 bits per heavy atom. The zero-order valence-corrected chi connectivity index (χ0v) is 38.6. The molecule has 4 nitrogen and oxygen atoms in total. The third kappa shape index (κ3) is 6.66. The van der Waals surface area contributed by atoms with Crippen molar-refractivity contribution >= 4 is 86.7 Å². The maximum Gasteiger partial charge on any atom is 0.159 e. The molecule has 1 atom stereocenters. The Hall–Kier alpha value is -8.90. The molecule has 11 aromatic carbocycles. The van der Waals surface area contributed by atoms with Gasteiger partial charge in [0.2, 0.25) is 0 Å². The Kier molecular flexibility index (Phi) is 9.42. The Balaban J connectivity index is 0.988. The van der Waals surface area contributed by atoms with Crippen molar-refractivity contribution in [3.05, 3.63) is 253 Å². The summed E-state index contributed by atoms with van der Waals surface area (Å²) in [6.07, 6.45) is -0.395. The molecule has 14 rings (SSSR count). The van der Waals surface area contributed by atoms with E-state index >= 15 is 0 Å². The number of fused-ring (bicyclic) bond motifs is 8. The molecule has 0 saturated carbocycles. The largest absolute Gasteiger partial charge is 0.456 e. The van der Waals surface area contributed by atoms with Crippen LogP contribution in [0.4, 0.5) is 0 Å². The summed E-state index contributed by atoms with van der Waals surface area (Å²) in [6.45, 7) is 0. The van der Waals surface area contributed by atoms with Gasteiger partial charge in [-0.05, 0) is 90.8 Å². The number of rotatable bonds is 7. The molecule has 0 aliphatic carbocycles. The number of nitrogens with zero attached hydrogens (tertiary/aromatic N) is 2. The Labute approximate surface area is 408 Å². The molecule has 2 aromatic heterocycles. The van der Waals surface area contributed by atoms with Crippen molar-refractivity contribution < 1.29 is 4.42 Å². The monoisotopic (exact) mass is 911 g/mol. The van der Waals surface area contributed by atoms with E-state index in [1.807, 2.05) is 11.3 Å². The van der Waals surface area contributed by atoms with Crippen molar-refractivity contribution in [3.63, 3.8) is 0 Å². The first kappa shape index (κ1) is 40.2. The molecule has 0 fully saturated rings. The van der Waals surface area contributed by atoms with Crippen molar-refractivity contribution in [2.75, 3.05) is 0 Å². The number of amidine groups is 2. The first-order valence-electron chi connectivity index (χ1n) is 23.7. The lowest BCUT2D eigenvalue weighted by Gasteiger charge is -2.25. The van der Waals surface area contributed by atoms with Crippen molar-refractivity contribution in [2.24, 2.45) is 9.98 Å². The molecule has 0 radical (unpaired) electrons. The Morgan fingerprint density at radius 2 is 1.00 bits per heavy atom. The van der Waals surface area contributed by atoms with Crippen LogP contribution in [0.15, 0.2) is 251 Å². The predicted molar refractivity (Wildman–Crippen MR) is 295 cm³/mol. The van der Waals surface area contributed by atoms with Crippen molar-refractivity contribution in [2.45, 2.75) is 6.17 Å². The van der Waals surface area contributed by atoms with Crippen LogP contribution in [0.3, 0.4) is 0 Å².